The van der Waals surface area contributed by atoms with E-state index in [4.69, 9.17) is 0 Å². The van der Waals surface area contributed by atoms with Crippen molar-refractivity contribution in [2.24, 2.45) is 10.4 Å². The fourth-order valence-electron chi connectivity index (χ4n) is 3.35. The van der Waals surface area contributed by atoms with Crippen LogP contribution in [-0.4, -0.2) is 63.1 Å². The third kappa shape index (κ3) is 5.99. The Bertz CT molecular complexity index is 681. The number of hydrogen-bond donors (Lipinski definition) is 2. The van der Waals surface area contributed by atoms with Gasteiger partial charge in [-0.2, -0.15) is 0 Å². The van der Waals surface area contributed by atoms with E-state index in [0.29, 0.717) is 13.1 Å². The molecule has 1 aromatic carbocycles. The van der Waals surface area contributed by atoms with Crippen molar-refractivity contribution in [2.45, 2.75) is 34.6 Å². The van der Waals surface area contributed by atoms with Crippen LogP contribution < -0.4 is 15.5 Å². The Morgan fingerprint density at radius 1 is 1.14 bits per heavy atom. The molecule has 0 spiro atoms. The van der Waals surface area contributed by atoms with Crippen LogP contribution in [0.5, 0.6) is 0 Å². The van der Waals surface area contributed by atoms with Gasteiger partial charge in [0.15, 0.2) is 5.96 Å². The Morgan fingerprint density at radius 2 is 1.79 bits per heavy atom. The number of benzene rings is 1. The Balaban J connectivity index is 0.00000392. The maximum atomic E-state index is 12.2. The van der Waals surface area contributed by atoms with Crippen LogP contribution in [0.1, 0.15) is 31.9 Å². The molecule has 1 heterocycles. The Labute approximate surface area is 187 Å². The van der Waals surface area contributed by atoms with E-state index in [1.807, 2.05) is 20.8 Å². The summed E-state index contributed by atoms with van der Waals surface area (Å²) in [5.74, 6) is 0.931. The van der Waals surface area contributed by atoms with E-state index in [-0.39, 0.29) is 29.9 Å². The first-order valence-corrected chi connectivity index (χ1v) is 9.85. The molecule has 6 nitrogen and oxygen atoms in total. The maximum Gasteiger partial charge on any atom is 0.227 e. The zero-order valence-corrected chi connectivity index (χ0v) is 20.5. The number of carbonyl (C=O) groups is 1. The van der Waals surface area contributed by atoms with Gasteiger partial charge in [-0.3, -0.25) is 9.79 Å². The number of carbonyl (C=O) groups excluding carboxylic acids is 1. The molecule has 1 fully saturated rings. The topological polar surface area (TPSA) is 60.0 Å². The third-order valence-corrected chi connectivity index (χ3v) is 5.35. The van der Waals surface area contributed by atoms with Crippen molar-refractivity contribution in [2.75, 3.05) is 51.2 Å². The number of halogens is 1. The van der Waals surface area contributed by atoms with Crippen molar-refractivity contribution in [3.8, 4) is 0 Å². The van der Waals surface area contributed by atoms with Gasteiger partial charge in [0.2, 0.25) is 5.91 Å². The summed E-state index contributed by atoms with van der Waals surface area (Å²) in [6.07, 6.45) is 0. The lowest BCUT2D eigenvalue weighted by atomic mass is 9.92. The molecule has 1 aliphatic heterocycles. The average Bonchev–Trinajstić information content (AvgIpc) is 2.65. The Hall–Kier alpha value is -1.51. The first kappa shape index (κ1) is 24.5. The zero-order chi connectivity index (χ0) is 20.0. The smallest absolute Gasteiger partial charge is 0.227 e. The summed E-state index contributed by atoms with van der Waals surface area (Å²) < 4.78 is 0. The van der Waals surface area contributed by atoms with E-state index in [2.05, 4.69) is 57.5 Å². The molecule has 7 heteroatoms. The molecule has 2 N–H and O–H groups in total. The molecule has 0 atom stereocenters. The summed E-state index contributed by atoms with van der Waals surface area (Å²) in [5, 5.41) is 6.29. The van der Waals surface area contributed by atoms with Crippen LogP contribution in [0.3, 0.4) is 0 Å². The number of amides is 1. The Kier molecular flexibility index (Phi) is 9.53. The number of hydrogen-bond acceptors (Lipinski definition) is 3. The monoisotopic (exact) mass is 501 g/mol. The van der Waals surface area contributed by atoms with E-state index < -0.39 is 5.41 Å². The summed E-state index contributed by atoms with van der Waals surface area (Å²) in [6.45, 7) is 15.2. The molecule has 0 unspecified atom stereocenters. The maximum absolute atomic E-state index is 12.2. The lowest BCUT2D eigenvalue weighted by Gasteiger charge is -2.39. The van der Waals surface area contributed by atoms with Crippen LogP contribution in [0.15, 0.2) is 23.2 Å². The first-order chi connectivity index (χ1) is 12.8. The molecule has 1 saturated heterocycles. The molecule has 0 aliphatic carbocycles. The predicted molar refractivity (Wildman–Crippen MR) is 129 cm³/mol. The minimum absolute atomic E-state index is 0. The second-order valence-corrected chi connectivity index (χ2v) is 7.84. The SMILES string of the molecule is CCNC(=O)C(C)(C)CNC(=NC)N1CCN(c2cccc(C)c2C)CC1.I. The third-order valence-electron chi connectivity index (χ3n) is 5.35. The molecule has 2 rings (SSSR count). The predicted octanol–water partition coefficient (Wildman–Crippen LogP) is 2.78. The molecule has 1 aliphatic rings. The van der Waals surface area contributed by atoms with Crippen molar-refractivity contribution < 1.29 is 4.79 Å². The van der Waals surface area contributed by atoms with Crippen LogP contribution in [0, 0.1) is 19.3 Å². The zero-order valence-electron chi connectivity index (χ0n) is 18.1. The molecule has 158 valence electrons. The normalized spacial score (nSPS) is 15.1. The number of aliphatic imine (C=N–C) groups is 1. The molecule has 1 amide bonds. The number of piperazine rings is 1. The van der Waals surface area contributed by atoms with Gasteiger partial charge in [-0.1, -0.05) is 12.1 Å². The average molecular weight is 501 g/mol. The van der Waals surface area contributed by atoms with Gasteiger partial charge in [0.05, 0.1) is 5.41 Å². The second kappa shape index (κ2) is 10.9. The summed E-state index contributed by atoms with van der Waals surface area (Å²) in [4.78, 5) is 21.3. The molecule has 1 aromatic rings. The molecule has 0 aromatic heterocycles. The van der Waals surface area contributed by atoms with Gasteiger partial charge in [-0.25, -0.2) is 0 Å². The van der Waals surface area contributed by atoms with Crippen LogP contribution in [0.4, 0.5) is 5.69 Å². The fraction of sp³-hybridized carbons (Fsp3) is 0.619. The van der Waals surface area contributed by atoms with Gasteiger partial charge in [0, 0.05) is 52.0 Å². The number of nitrogens with zero attached hydrogens (tertiary/aromatic N) is 3. The molecule has 0 radical (unpaired) electrons. The molecular formula is C21H36IN5O. The minimum Gasteiger partial charge on any atom is -0.368 e. The summed E-state index contributed by atoms with van der Waals surface area (Å²) in [5.41, 5.74) is 3.54. The van der Waals surface area contributed by atoms with Crippen LogP contribution >= 0.6 is 24.0 Å². The Morgan fingerprint density at radius 3 is 2.36 bits per heavy atom. The van der Waals surface area contributed by atoms with Crippen molar-refractivity contribution in [3.05, 3.63) is 29.3 Å². The number of aryl methyl sites for hydroxylation is 1. The summed E-state index contributed by atoms with van der Waals surface area (Å²) >= 11 is 0. The van der Waals surface area contributed by atoms with Gasteiger partial charge >= 0.3 is 0 Å². The highest BCUT2D eigenvalue weighted by Crippen LogP contribution is 2.24. The molecule has 28 heavy (non-hydrogen) atoms. The number of rotatable bonds is 5. The fourth-order valence-corrected chi connectivity index (χ4v) is 3.35. The number of nitrogens with one attached hydrogen (secondary N) is 2. The van der Waals surface area contributed by atoms with E-state index in [9.17, 15) is 4.79 Å². The highest BCUT2D eigenvalue weighted by Gasteiger charge is 2.28. The molecule has 0 bridgehead atoms. The van der Waals surface area contributed by atoms with Gasteiger partial charge in [0.25, 0.3) is 0 Å². The van der Waals surface area contributed by atoms with Crippen LogP contribution in [0.25, 0.3) is 0 Å². The van der Waals surface area contributed by atoms with Crippen molar-refractivity contribution in [1.82, 2.24) is 15.5 Å². The van der Waals surface area contributed by atoms with E-state index in [1.165, 1.54) is 16.8 Å². The lowest BCUT2D eigenvalue weighted by molar-refractivity contribution is -0.128. The quantitative estimate of drug-likeness (QED) is 0.370. The first-order valence-electron chi connectivity index (χ1n) is 9.85. The number of anilines is 1. The summed E-state index contributed by atoms with van der Waals surface area (Å²) in [6, 6.07) is 6.51. The van der Waals surface area contributed by atoms with Crippen molar-refractivity contribution >= 4 is 41.5 Å². The van der Waals surface area contributed by atoms with Crippen molar-refractivity contribution in [1.29, 1.82) is 0 Å². The van der Waals surface area contributed by atoms with Gasteiger partial charge in [0.1, 0.15) is 0 Å². The highest BCUT2D eigenvalue weighted by atomic mass is 127. The lowest BCUT2D eigenvalue weighted by Crippen LogP contribution is -2.54. The highest BCUT2D eigenvalue weighted by molar-refractivity contribution is 14.0. The van der Waals surface area contributed by atoms with Gasteiger partial charge in [-0.15, -0.1) is 24.0 Å². The van der Waals surface area contributed by atoms with Crippen LogP contribution in [0.2, 0.25) is 0 Å². The van der Waals surface area contributed by atoms with Gasteiger partial charge in [-0.05, 0) is 51.8 Å². The van der Waals surface area contributed by atoms with E-state index in [0.717, 1.165) is 32.1 Å². The van der Waals surface area contributed by atoms with Crippen molar-refractivity contribution in [3.63, 3.8) is 0 Å². The van der Waals surface area contributed by atoms with Gasteiger partial charge < -0.3 is 20.4 Å². The largest absolute Gasteiger partial charge is 0.368 e. The minimum atomic E-state index is -0.480. The van der Waals surface area contributed by atoms with E-state index in [1.54, 1.807) is 7.05 Å². The van der Waals surface area contributed by atoms with E-state index >= 15 is 0 Å². The molecular weight excluding hydrogens is 465 g/mol. The second-order valence-electron chi connectivity index (χ2n) is 7.84. The summed E-state index contributed by atoms with van der Waals surface area (Å²) in [7, 11) is 1.80. The standard InChI is InChI=1S/C21H35N5O.HI/c1-7-23-19(27)21(4,5)15-24-20(22-6)26-13-11-25(12-14-26)18-10-8-9-16(2)17(18)3;/h8-10H,7,11-15H2,1-6H3,(H,22,24)(H,23,27);1H. The number of guanidine groups is 1. The van der Waals surface area contributed by atoms with Crippen LogP contribution in [-0.2, 0) is 4.79 Å². The molecule has 0 saturated carbocycles.